The van der Waals surface area contributed by atoms with Gasteiger partial charge in [0.1, 0.15) is 5.69 Å². The molecule has 3 rings (SSSR count). The lowest BCUT2D eigenvalue weighted by Crippen LogP contribution is -2.14. The Bertz CT molecular complexity index is 808. The molecule has 1 aromatic carbocycles. The van der Waals surface area contributed by atoms with Gasteiger partial charge in [-0.15, -0.1) is 5.10 Å². The Morgan fingerprint density at radius 1 is 1.22 bits per heavy atom. The average molecular weight is 346 g/mol. The van der Waals surface area contributed by atoms with Crippen molar-refractivity contribution in [1.29, 1.82) is 0 Å². The monoisotopic (exact) mass is 345 g/mol. The summed E-state index contributed by atoms with van der Waals surface area (Å²) < 4.78 is 0. The zero-order chi connectivity index (χ0) is 16.1. The van der Waals surface area contributed by atoms with Gasteiger partial charge in [-0.2, -0.15) is 4.98 Å². The highest BCUT2D eigenvalue weighted by molar-refractivity contribution is 7.99. The molecule has 0 fully saturated rings. The fourth-order valence-corrected chi connectivity index (χ4v) is 2.59. The van der Waals surface area contributed by atoms with Gasteiger partial charge in [-0.3, -0.25) is 14.9 Å². The summed E-state index contributed by atoms with van der Waals surface area (Å²) in [5, 5.41) is 10.6. The van der Waals surface area contributed by atoms with Crippen LogP contribution in [0.25, 0.3) is 11.5 Å². The molecular weight excluding hydrogens is 334 g/mol. The molecule has 116 valence electrons. The molecule has 0 aliphatic rings. The summed E-state index contributed by atoms with van der Waals surface area (Å²) >= 11 is 7.23. The number of benzene rings is 1. The first kappa shape index (κ1) is 15.5. The quantitative estimate of drug-likeness (QED) is 0.693. The number of aromatic amines is 1. The maximum atomic E-state index is 11.9. The number of rotatable bonds is 5. The summed E-state index contributed by atoms with van der Waals surface area (Å²) in [5.41, 5.74) is 1.29. The number of amides is 1. The van der Waals surface area contributed by atoms with E-state index in [4.69, 9.17) is 11.6 Å². The van der Waals surface area contributed by atoms with Gasteiger partial charge in [-0.1, -0.05) is 41.6 Å². The Hall–Kier alpha value is -2.38. The number of aromatic nitrogens is 4. The van der Waals surface area contributed by atoms with Crippen LogP contribution in [0, 0.1) is 0 Å². The molecule has 2 N–H and O–H groups in total. The van der Waals surface area contributed by atoms with Gasteiger partial charge in [0, 0.05) is 6.20 Å². The third-order valence-electron chi connectivity index (χ3n) is 2.85. The Balaban J connectivity index is 1.58. The summed E-state index contributed by atoms with van der Waals surface area (Å²) in [6, 6.07) is 12.6. The van der Waals surface area contributed by atoms with E-state index in [0.717, 1.165) is 0 Å². The summed E-state index contributed by atoms with van der Waals surface area (Å²) in [6.45, 7) is 0. The van der Waals surface area contributed by atoms with Crippen LogP contribution >= 0.6 is 23.4 Å². The predicted octanol–water partition coefficient (Wildman–Crippen LogP) is 3.25. The standard InChI is InChI=1S/C15H12ClN5OS/c16-10-5-1-2-6-11(10)18-13(22)9-23-15-19-14(20-21-15)12-7-3-4-8-17-12/h1-8H,9H2,(H,18,22)(H,19,20,21). The number of carbonyl (C=O) groups excluding carboxylic acids is 1. The molecule has 0 spiro atoms. The molecule has 6 nitrogen and oxygen atoms in total. The highest BCUT2D eigenvalue weighted by Crippen LogP contribution is 2.21. The van der Waals surface area contributed by atoms with Crippen molar-refractivity contribution in [2.75, 3.05) is 11.1 Å². The number of para-hydroxylation sites is 1. The average Bonchev–Trinajstić information content (AvgIpc) is 3.05. The van der Waals surface area contributed by atoms with Crippen LogP contribution in [0.3, 0.4) is 0 Å². The minimum atomic E-state index is -0.174. The van der Waals surface area contributed by atoms with Crippen molar-refractivity contribution >= 4 is 35.0 Å². The second-order valence-electron chi connectivity index (χ2n) is 4.50. The van der Waals surface area contributed by atoms with E-state index in [1.807, 2.05) is 24.3 Å². The van der Waals surface area contributed by atoms with E-state index in [0.29, 0.717) is 27.4 Å². The van der Waals surface area contributed by atoms with Gasteiger partial charge in [-0.25, -0.2) is 0 Å². The number of hydrogen-bond donors (Lipinski definition) is 2. The molecule has 2 aromatic heterocycles. The zero-order valence-electron chi connectivity index (χ0n) is 11.9. The molecule has 23 heavy (non-hydrogen) atoms. The molecule has 3 aromatic rings. The van der Waals surface area contributed by atoms with Crippen LogP contribution < -0.4 is 5.32 Å². The van der Waals surface area contributed by atoms with Crippen LogP contribution in [0.4, 0.5) is 5.69 Å². The van der Waals surface area contributed by atoms with Crippen molar-refractivity contribution in [1.82, 2.24) is 20.2 Å². The van der Waals surface area contributed by atoms with E-state index in [1.54, 1.807) is 24.4 Å². The number of hydrogen-bond acceptors (Lipinski definition) is 5. The Labute approximate surface area is 141 Å². The predicted molar refractivity (Wildman–Crippen MR) is 90.4 cm³/mol. The SMILES string of the molecule is O=C(CSc1n[nH]c(-c2ccccn2)n1)Nc1ccccc1Cl. The molecule has 0 saturated carbocycles. The lowest BCUT2D eigenvalue weighted by Gasteiger charge is -2.05. The highest BCUT2D eigenvalue weighted by Gasteiger charge is 2.10. The van der Waals surface area contributed by atoms with Gasteiger partial charge in [0.25, 0.3) is 0 Å². The van der Waals surface area contributed by atoms with E-state index >= 15 is 0 Å². The van der Waals surface area contributed by atoms with E-state index in [1.165, 1.54) is 11.8 Å². The number of H-pyrrole nitrogens is 1. The molecule has 0 saturated heterocycles. The lowest BCUT2D eigenvalue weighted by molar-refractivity contribution is -0.113. The first-order valence-electron chi connectivity index (χ1n) is 6.73. The van der Waals surface area contributed by atoms with Crippen LogP contribution in [0.1, 0.15) is 0 Å². The maximum Gasteiger partial charge on any atom is 0.234 e. The van der Waals surface area contributed by atoms with Crippen LogP contribution in [-0.2, 0) is 4.79 Å². The fraction of sp³-hybridized carbons (Fsp3) is 0.0667. The second-order valence-corrected chi connectivity index (χ2v) is 5.85. The maximum absolute atomic E-state index is 11.9. The largest absolute Gasteiger partial charge is 0.324 e. The number of thioether (sulfide) groups is 1. The van der Waals surface area contributed by atoms with Gasteiger partial charge >= 0.3 is 0 Å². The number of nitrogens with zero attached hydrogens (tertiary/aromatic N) is 3. The number of anilines is 1. The van der Waals surface area contributed by atoms with Gasteiger partial charge in [0.2, 0.25) is 11.1 Å². The topological polar surface area (TPSA) is 83.6 Å². The third kappa shape index (κ3) is 4.08. The van der Waals surface area contributed by atoms with Crippen molar-refractivity contribution in [3.63, 3.8) is 0 Å². The minimum Gasteiger partial charge on any atom is -0.324 e. The fourth-order valence-electron chi connectivity index (χ4n) is 1.81. The number of carbonyl (C=O) groups is 1. The Morgan fingerprint density at radius 3 is 2.83 bits per heavy atom. The molecule has 0 aliphatic heterocycles. The van der Waals surface area contributed by atoms with E-state index < -0.39 is 0 Å². The van der Waals surface area contributed by atoms with Crippen molar-refractivity contribution in [2.24, 2.45) is 0 Å². The summed E-state index contributed by atoms with van der Waals surface area (Å²) in [4.78, 5) is 20.4. The Morgan fingerprint density at radius 2 is 2.04 bits per heavy atom. The first-order valence-corrected chi connectivity index (χ1v) is 8.10. The summed E-state index contributed by atoms with van der Waals surface area (Å²) in [7, 11) is 0. The normalized spacial score (nSPS) is 10.5. The summed E-state index contributed by atoms with van der Waals surface area (Å²) in [6.07, 6.45) is 1.68. The van der Waals surface area contributed by atoms with E-state index in [2.05, 4.69) is 25.5 Å². The first-order chi connectivity index (χ1) is 11.2. The van der Waals surface area contributed by atoms with Crippen LogP contribution in [0.15, 0.2) is 53.8 Å². The molecule has 8 heteroatoms. The molecule has 0 atom stereocenters. The molecule has 1 amide bonds. The van der Waals surface area contributed by atoms with Crippen LogP contribution in [0.2, 0.25) is 5.02 Å². The van der Waals surface area contributed by atoms with Crippen molar-refractivity contribution in [2.45, 2.75) is 5.16 Å². The smallest absolute Gasteiger partial charge is 0.234 e. The van der Waals surface area contributed by atoms with Crippen molar-refractivity contribution in [3.05, 3.63) is 53.7 Å². The highest BCUT2D eigenvalue weighted by atomic mass is 35.5. The van der Waals surface area contributed by atoms with Gasteiger partial charge in [0.15, 0.2) is 5.82 Å². The van der Waals surface area contributed by atoms with Crippen molar-refractivity contribution < 1.29 is 4.79 Å². The van der Waals surface area contributed by atoms with Crippen LogP contribution in [-0.4, -0.2) is 31.8 Å². The Kier molecular flexibility index (Phi) is 4.89. The zero-order valence-corrected chi connectivity index (χ0v) is 13.4. The second kappa shape index (κ2) is 7.26. The minimum absolute atomic E-state index is 0.174. The molecule has 0 aliphatic carbocycles. The number of nitrogens with one attached hydrogen (secondary N) is 2. The molecule has 0 radical (unpaired) electrons. The van der Waals surface area contributed by atoms with E-state index in [9.17, 15) is 4.79 Å². The molecule has 0 unspecified atom stereocenters. The number of pyridine rings is 1. The molecule has 0 bridgehead atoms. The van der Waals surface area contributed by atoms with Gasteiger partial charge < -0.3 is 5.32 Å². The molecule has 2 heterocycles. The number of halogens is 1. The van der Waals surface area contributed by atoms with E-state index in [-0.39, 0.29) is 11.7 Å². The lowest BCUT2D eigenvalue weighted by atomic mass is 10.3. The van der Waals surface area contributed by atoms with Crippen LogP contribution in [0.5, 0.6) is 0 Å². The molecular formula is C15H12ClN5OS. The van der Waals surface area contributed by atoms with Gasteiger partial charge in [-0.05, 0) is 24.3 Å². The summed E-state index contributed by atoms with van der Waals surface area (Å²) in [5.74, 6) is 0.581. The third-order valence-corrected chi connectivity index (χ3v) is 4.03. The van der Waals surface area contributed by atoms with Crippen molar-refractivity contribution in [3.8, 4) is 11.5 Å². The van der Waals surface area contributed by atoms with Gasteiger partial charge in [0.05, 0.1) is 16.5 Å².